The minimum Gasteiger partial charge on any atom is -0.298 e. The van der Waals surface area contributed by atoms with Gasteiger partial charge in [0, 0.05) is 34.8 Å². The maximum absolute atomic E-state index is 13.9. The fourth-order valence-electron chi connectivity index (χ4n) is 3.01. The summed E-state index contributed by atoms with van der Waals surface area (Å²) in [4.78, 5) is 17.5. The predicted molar refractivity (Wildman–Crippen MR) is 123 cm³/mol. The number of amides is 1. The molecule has 1 heterocycles. The Kier molecular flexibility index (Phi) is 6.47. The zero-order valence-electron chi connectivity index (χ0n) is 17.0. The van der Waals surface area contributed by atoms with Crippen LogP contribution in [-0.4, -0.2) is 19.3 Å². The Bertz CT molecular complexity index is 1410. The maximum atomic E-state index is 13.9. The highest BCUT2D eigenvalue weighted by Crippen LogP contribution is 2.24. The molecule has 0 bridgehead atoms. The zero-order chi connectivity index (χ0) is 23.4. The standard InChI is InChI=1S/C23H17F2N3O3S2/c24-17-10-9-15(21(25)13-17)12-19-14-26-23(32-19)27-22(29)16-5-4-6-18(11-16)28-33(30,31)20-7-2-1-3-8-20/h1-11,13-14,28H,12H2,(H,26,27,29). The van der Waals surface area contributed by atoms with E-state index in [4.69, 9.17) is 0 Å². The average Bonchev–Trinajstić information content (AvgIpc) is 3.23. The van der Waals surface area contributed by atoms with Crippen molar-refractivity contribution < 1.29 is 22.0 Å². The highest BCUT2D eigenvalue weighted by atomic mass is 32.2. The van der Waals surface area contributed by atoms with Gasteiger partial charge in [-0.05, 0) is 42.0 Å². The molecule has 10 heteroatoms. The number of nitrogens with one attached hydrogen (secondary N) is 2. The Hall–Kier alpha value is -3.63. The summed E-state index contributed by atoms with van der Waals surface area (Å²) in [5.74, 6) is -1.78. The van der Waals surface area contributed by atoms with E-state index in [-0.39, 0.29) is 22.6 Å². The number of hydrogen-bond donors (Lipinski definition) is 2. The van der Waals surface area contributed by atoms with Gasteiger partial charge in [-0.25, -0.2) is 22.2 Å². The number of benzene rings is 3. The van der Waals surface area contributed by atoms with Gasteiger partial charge in [0.2, 0.25) is 0 Å². The molecule has 1 amide bonds. The van der Waals surface area contributed by atoms with Crippen molar-refractivity contribution in [2.75, 3.05) is 10.0 Å². The second-order valence-electron chi connectivity index (χ2n) is 7.00. The molecule has 0 spiro atoms. The number of carbonyl (C=O) groups is 1. The molecule has 4 aromatic rings. The van der Waals surface area contributed by atoms with E-state index in [9.17, 15) is 22.0 Å². The van der Waals surface area contributed by atoms with Gasteiger partial charge in [0.25, 0.3) is 15.9 Å². The van der Waals surface area contributed by atoms with Crippen molar-refractivity contribution in [2.45, 2.75) is 11.3 Å². The number of aromatic nitrogens is 1. The molecule has 0 saturated carbocycles. The number of halogens is 2. The monoisotopic (exact) mass is 485 g/mol. The summed E-state index contributed by atoms with van der Waals surface area (Å²) in [6.07, 6.45) is 1.71. The number of thiazole rings is 1. The highest BCUT2D eigenvalue weighted by Gasteiger charge is 2.16. The van der Waals surface area contributed by atoms with Gasteiger partial charge in [0.15, 0.2) is 5.13 Å². The van der Waals surface area contributed by atoms with E-state index in [2.05, 4.69) is 15.0 Å². The van der Waals surface area contributed by atoms with Crippen molar-refractivity contribution in [3.63, 3.8) is 0 Å². The number of anilines is 2. The lowest BCUT2D eigenvalue weighted by atomic mass is 10.1. The van der Waals surface area contributed by atoms with Crippen LogP contribution in [0.4, 0.5) is 19.6 Å². The molecule has 0 radical (unpaired) electrons. The first kappa shape index (κ1) is 22.6. The normalized spacial score (nSPS) is 11.2. The van der Waals surface area contributed by atoms with E-state index in [1.54, 1.807) is 24.3 Å². The third-order valence-electron chi connectivity index (χ3n) is 4.58. The number of hydrogen-bond acceptors (Lipinski definition) is 5. The summed E-state index contributed by atoms with van der Waals surface area (Å²) in [7, 11) is -3.79. The number of sulfonamides is 1. The summed E-state index contributed by atoms with van der Waals surface area (Å²) in [6.45, 7) is 0. The number of carbonyl (C=O) groups excluding carboxylic acids is 1. The van der Waals surface area contributed by atoms with Crippen molar-refractivity contribution in [1.29, 1.82) is 0 Å². The van der Waals surface area contributed by atoms with Crippen molar-refractivity contribution in [3.05, 3.63) is 107 Å². The molecule has 0 aliphatic rings. The molecular weight excluding hydrogens is 468 g/mol. The first-order valence-corrected chi connectivity index (χ1v) is 12.0. The lowest BCUT2D eigenvalue weighted by Crippen LogP contribution is -2.15. The van der Waals surface area contributed by atoms with E-state index in [0.717, 1.165) is 17.4 Å². The van der Waals surface area contributed by atoms with Crippen LogP contribution in [0, 0.1) is 11.6 Å². The van der Waals surface area contributed by atoms with Crippen LogP contribution in [0.15, 0.2) is 83.9 Å². The maximum Gasteiger partial charge on any atom is 0.261 e. The number of rotatable bonds is 7. The molecule has 0 saturated heterocycles. The smallest absolute Gasteiger partial charge is 0.261 e. The summed E-state index contributed by atoms with van der Waals surface area (Å²) >= 11 is 1.16. The van der Waals surface area contributed by atoms with Crippen LogP contribution in [0.2, 0.25) is 0 Å². The van der Waals surface area contributed by atoms with Crippen LogP contribution in [0.3, 0.4) is 0 Å². The molecule has 0 aliphatic carbocycles. The quantitative estimate of drug-likeness (QED) is 0.383. The van der Waals surface area contributed by atoms with Gasteiger partial charge in [0.1, 0.15) is 11.6 Å². The summed E-state index contributed by atoms with van der Waals surface area (Å²) in [5.41, 5.74) is 0.777. The second kappa shape index (κ2) is 9.47. The largest absolute Gasteiger partial charge is 0.298 e. The van der Waals surface area contributed by atoms with Crippen LogP contribution >= 0.6 is 11.3 Å². The molecule has 0 aliphatic heterocycles. The van der Waals surface area contributed by atoms with E-state index < -0.39 is 27.6 Å². The molecule has 6 nitrogen and oxygen atoms in total. The molecule has 33 heavy (non-hydrogen) atoms. The van der Waals surface area contributed by atoms with Crippen LogP contribution in [0.5, 0.6) is 0 Å². The minimum absolute atomic E-state index is 0.104. The SMILES string of the molecule is O=C(Nc1ncc(Cc2ccc(F)cc2F)s1)c1cccc(NS(=O)(=O)c2ccccc2)c1. The van der Waals surface area contributed by atoms with Gasteiger partial charge >= 0.3 is 0 Å². The minimum atomic E-state index is -3.79. The molecule has 3 aromatic carbocycles. The van der Waals surface area contributed by atoms with Crippen molar-refractivity contribution in [1.82, 2.24) is 4.98 Å². The molecule has 4 rings (SSSR count). The first-order chi connectivity index (χ1) is 15.8. The van der Waals surface area contributed by atoms with Crippen LogP contribution in [0.1, 0.15) is 20.8 Å². The van der Waals surface area contributed by atoms with Crippen molar-refractivity contribution in [3.8, 4) is 0 Å². The lowest BCUT2D eigenvalue weighted by Gasteiger charge is -2.09. The topological polar surface area (TPSA) is 88.2 Å². The third-order valence-corrected chi connectivity index (χ3v) is 6.89. The van der Waals surface area contributed by atoms with Crippen molar-refractivity contribution in [2.24, 2.45) is 0 Å². The average molecular weight is 486 g/mol. The van der Waals surface area contributed by atoms with Gasteiger partial charge in [0.05, 0.1) is 4.90 Å². The number of nitrogens with zero attached hydrogens (tertiary/aromatic N) is 1. The molecule has 0 atom stereocenters. The Morgan fingerprint density at radius 3 is 2.52 bits per heavy atom. The summed E-state index contributed by atoms with van der Waals surface area (Å²) in [6, 6.07) is 17.3. The highest BCUT2D eigenvalue weighted by molar-refractivity contribution is 7.92. The van der Waals surface area contributed by atoms with E-state index in [1.807, 2.05) is 0 Å². The Morgan fingerprint density at radius 2 is 1.76 bits per heavy atom. The van der Waals surface area contributed by atoms with Gasteiger partial charge in [-0.3, -0.25) is 14.8 Å². The Balaban J connectivity index is 1.44. The molecule has 1 aromatic heterocycles. The van der Waals surface area contributed by atoms with Crippen molar-refractivity contribution >= 4 is 38.1 Å². The van der Waals surface area contributed by atoms with Crippen LogP contribution < -0.4 is 10.0 Å². The fraction of sp³-hybridized carbons (Fsp3) is 0.0435. The Labute approximate surface area is 193 Å². The second-order valence-corrected chi connectivity index (χ2v) is 9.80. The van der Waals surface area contributed by atoms with Gasteiger partial charge in [-0.2, -0.15) is 0 Å². The zero-order valence-corrected chi connectivity index (χ0v) is 18.6. The molecule has 2 N–H and O–H groups in total. The fourth-order valence-corrected chi connectivity index (χ4v) is 4.91. The lowest BCUT2D eigenvalue weighted by molar-refractivity contribution is 0.102. The van der Waals surface area contributed by atoms with Crippen LogP contribution in [-0.2, 0) is 16.4 Å². The van der Waals surface area contributed by atoms with Crippen LogP contribution in [0.25, 0.3) is 0 Å². The van der Waals surface area contributed by atoms with E-state index >= 15 is 0 Å². The molecule has 168 valence electrons. The first-order valence-electron chi connectivity index (χ1n) is 9.68. The summed E-state index contributed by atoms with van der Waals surface area (Å²) < 4.78 is 54.4. The molecule has 0 unspecified atom stereocenters. The van der Waals surface area contributed by atoms with Gasteiger partial charge < -0.3 is 0 Å². The molecule has 0 fully saturated rings. The van der Waals surface area contributed by atoms with Gasteiger partial charge in [-0.1, -0.05) is 30.3 Å². The summed E-state index contributed by atoms with van der Waals surface area (Å²) in [5, 5.41) is 2.95. The van der Waals surface area contributed by atoms with Gasteiger partial charge in [-0.15, -0.1) is 11.3 Å². The predicted octanol–water partition coefficient (Wildman–Crippen LogP) is 5.07. The van der Waals surface area contributed by atoms with E-state index in [0.29, 0.717) is 15.6 Å². The third kappa shape index (κ3) is 5.60. The van der Waals surface area contributed by atoms with E-state index in [1.165, 1.54) is 48.7 Å². The Morgan fingerprint density at radius 1 is 0.970 bits per heavy atom. The molecular formula is C23H17F2N3O3S2.